The molecule has 24 heavy (non-hydrogen) atoms. The number of rotatable bonds is 2. The number of amides is 2. The number of fused-ring (bicyclic) bond motifs is 1. The molecule has 0 N–H and O–H groups in total. The van der Waals surface area contributed by atoms with E-state index in [9.17, 15) is 24.5 Å². The molecule has 1 atom stereocenters. The molecular formula is C15H14N4O5. The summed E-state index contributed by atoms with van der Waals surface area (Å²) in [7, 11) is 1.36. The Morgan fingerprint density at radius 1 is 1.29 bits per heavy atom. The van der Waals surface area contributed by atoms with Gasteiger partial charge in [0.15, 0.2) is 0 Å². The Bertz CT molecular complexity index is 949. The van der Waals surface area contributed by atoms with Crippen molar-refractivity contribution in [3.05, 3.63) is 44.5 Å². The molecule has 1 fully saturated rings. The van der Waals surface area contributed by atoms with Crippen molar-refractivity contribution in [3.8, 4) is 0 Å². The summed E-state index contributed by atoms with van der Waals surface area (Å²) in [6.07, 6.45) is 0.282. The van der Waals surface area contributed by atoms with Gasteiger partial charge in [0.25, 0.3) is 17.2 Å². The number of piperidine rings is 1. The highest BCUT2D eigenvalue weighted by molar-refractivity contribution is 5.99. The van der Waals surface area contributed by atoms with E-state index in [4.69, 9.17) is 0 Å². The SMILES string of the molecule is Cc1nc2cccc([N+](=O)[O-])c2c(=O)n1C1CCC(=O)N(C)C1=O. The van der Waals surface area contributed by atoms with E-state index in [1.54, 1.807) is 6.92 Å². The summed E-state index contributed by atoms with van der Waals surface area (Å²) in [6, 6.07) is 3.30. The fraction of sp³-hybridized carbons (Fsp3) is 0.333. The van der Waals surface area contributed by atoms with Crippen LogP contribution in [0.25, 0.3) is 10.9 Å². The summed E-state index contributed by atoms with van der Waals surface area (Å²) >= 11 is 0. The number of nitro groups is 1. The number of likely N-dealkylation sites (N-methyl/N-ethyl adjacent to an activating group) is 1. The molecule has 3 rings (SSSR count). The van der Waals surface area contributed by atoms with Crippen molar-refractivity contribution in [2.45, 2.75) is 25.8 Å². The minimum atomic E-state index is -0.892. The van der Waals surface area contributed by atoms with E-state index in [1.807, 2.05) is 0 Å². The van der Waals surface area contributed by atoms with E-state index in [0.717, 1.165) is 9.47 Å². The van der Waals surface area contributed by atoms with Crippen LogP contribution in [0.15, 0.2) is 23.0 Å². The summed E-state index contributed by atoms with van der Waals surface area (Å²) in [5, 5.41) is 11.1. The number of nitrogens with zero attached hydrogens (tertiary/aromatic N) is 4. The highest BCUT2D eigenvalue weighted by Crippen LogP contribution is 2.26. The summed E-state index contributed by atoms with van der Waals surface area (Å²) in [5.74, 6) is -0.563. The second-order valence-corrected chi connectivity index (χ2v) is 5.61. The number of carbonyl (C=O) groups excluding carboxylic acids is 2. The number of hydrogen-bond acceptors (Lipinski definition) is 6. The molecule has 1 aromatic carbocycles. The smallest absolute Gasteiger partial charge is 0.284 e. The Morgan fingerprint density at radius 3 is 2.67 bits per heavy atom. The molecule has 124 valence electrons. The van der Waals surface area contributed by atoms with E-state index in [0.29, 0.717) is 0 Å². The maximum atomic E-state index is 12.9. The van der Waals surface area contributed by atoms with Crippen LogP contribution in [0.5, 0.6) is 0 Å². The fourth-order valence-electron chi connectivity index (χ4n) is 2.99. The van der Waals surface area contributed by atoms with Crippen molar-refractivity contribution in [3.63, 3.8) is 0 Å². The van der Waals surface area contributed by atoms with Crippen LogP contribution in [0.3, 0.4) is 0 Å². The van der Waals surface area contributed by atoms with Gasteiger partial charge in [-0.2, -0.15) is 0 Å². The van der Waals surface area contributed by atoms with Crippen LogP contribution in [0.1, 0.15) is 24.7 Å². The van der Waals surface area contributed by atoms with Crippen molar-refractivity contribution in [2.24, 2.45) is 0 Å². The second-order valence-electron chi connectivity index (χ2n) is 5.61. The van der Waals surface area contributed by atoms with Crippen LogP contribution in [-0.2, 0) is 9.59 Å². The first-order valence-corrected chi connectivity index (χ1v) is 7.29. The summed E-state index contributed by atoms with van der Waals surface area (Å²) in [4.78, 5) is 52.6. The van der Waals surface area contributed by atoms with E-state index in [2.05, 4.69) is 4.98 Å². The lowest BCUT2D eigenvalue weighted by Crippen LogP contribution is -2.46. The zero-order valence-electron chi connectivity index (χ0n) is 13.1. The van der Waals surface area contributed by atoms with Gasteiger partial charge >= 0.3 is 0 Å². The number of non-ortho nitro benzene ring substituents is 1. The van der Waals surface area contributed by atoms with Crippen LogP contribution in [-0.4, -0.2) is 38.2 Å². The van der Waals surface area contributed by atoms with Gasteiger partial charge in [0.1, 0.15) is 17.3 Å². The second kappa shape index (κ2) is 5.52. The van der Waals surface area contributed by atoms with E-state index in [-0.39, 0.29) is 41.2 Å². The topological polar surface area (TPSA) is 115 Å². The van der Waals surface area contributed by atoms with Crippen molar-refractivity contribution in [2.75, 3.05) is 7.05 Å². The maximum Gasteiger partial charge on any atom is 0.284 e. The van der Waals surface area contributed by atoms with Crippen LogP contribution < -0.4 is 5.56 Å². The maximum absolute atomic E-state index is 12.9. The minimum Gasteiger partial charge on any atom is -0.284 e. The lowest BCUT2D eigenvalue weighted by molar-refractivity contribution is -0.383. The van der Waals surface area contributed by atoms with Crippen molar-refractivity contribution in [1.82, 2.24) is 14.5 Å². The van der Waals surface area contributed by atoms with E-state index in [1.165, 1.54) is 25.2 Å². The van der Waals surface area contributed by atoms with Gasteiger partial charge in [-0.3, -0.25) is 34.0 Å². The third-order valence-corrected chi connectivity index (χ3v) is 4.21. The average molecular weight is 330 g/mol. The number of imide groups is 1. The summed E-state index contributed by atoms with van der Waals surface area (Å²) in [6.45, 7) is 1.56. The molecule has 1 aliphatic heterocycles. The first-order valence-electron chi connectivity index (χ1n) is 7.29. The Balaban J connectivity index is 2.28. The molecule has 2 aromatic rings. The molecule has 1 aliphatic rings. The Morgan fingerprint density at radius 2 is 2.00 bits per heavy atom. The molecule has 9 nitrogen and oxygen atoms in total. The lowest BCUT2D eigenvalue weighted by atomic mass is 10.0. The Hall–Kier alpha value is -3.10. The molecule has 0 aliphatic carbocycles. The van der Waals surface area contributed by atoms with Crippen LogP contribution in [0.2, 0.25) is 0 Å². The fourth-order valence-corrected chi connectivity index (χ4v) is 2.99. The standard InChI is InChI=1S/C15H14N4O5/c1-8-16-9-4-3-5-10(19(23)24)13(9)15(22)18(8)11-6-7-12(20)17(2)14(11)21/h3-5,11H,6-7H2,1-2H3. The van der Waals surface area contributed by atoms with Gasteiger partial charge < -0.3 is 0 Å². The van der Waals surface area contributed by atoms with Crippen molar-refractivity contribution >= 4 is 28.4 Å². The third kappa shape index (κ3) is 2.25. The predicted octanol–water partition coefficient (Wildman–Crippen LogP) is 0.933. The number of nitro benzene ring substituents is 1. The number of benzene rings is 1. The molecule has 0 spiro atoms. The monoisotopic (exact) mass is 330 g/mol. The molecule has 9 heteroatoms. The summed E-state index contributed by atoms with van der Waals surface area (Å²) in [5.41, 5.74) is -0.798. The molecule has 1 unspecified atom stereocenters. The van der Waals surface area contributed by atoms with Gasteiger partial charge in [-0.25, -0.2) is 4.98 Å². The highest BCUT2D eigenvalue weighted by atomic mass is 16.6. The largest absolute Gasteiger partial charge is 0.284 e. The van der Waals surface area contributed by atoms with E-state index >= 15 is 0 Å². The van der Waals surface area contributed by atoms with Gasteiger partial charge in [-0.15, -0.1) is 0 Å². The van der Waals surface area contributed by atoms with Crippen LogP contribution in [0, 0.1) is 17.0 Å². The normalized spacial score (nSPS) is 18.2. The third-order valence-electron chi connectivity index (χ3n) is 4.21. The molecule has 0 saturated carbocycles. The van der Waals surface area contributed by atoms with Gasteiger partial charge in [-0.1, -0.05) is 6.07 Å². The zero-order chi connectivity index (χ0) is 17.6. The first-order chi connectivity index (χ1) is 11.3. The predicted molar refractivity (Wildman–Crippen MR) is 83.4 cm³/mol. The van der Waals surface area contributed by atoms with Gasteiger partial charge in [0.2, 0.25) is 5.91 Å². The minimum absolute atomic E-state index is 0.119. The molecular weight excluding hydrogens is 316 g/mol. The molecule has 0 bridgehead atoms. The number of hydrogen-bond donors (Lipinski definition) is 0. The molecule has 2 heterocycles. The van der Waals surface area contributed by atoms with Crippen molar-refractivity contribution < 1.29 is 14.5 Å². The number of aryl methyl sites for hydroxylation is 1. The van der Waals surface area contributed by atoms with Crippen molar-refractivity contribution in [1.29, 1.82) is 0 Å². The molecule has 2 amide bonds. The molecule has 1 saturated heterocycles. The highest BCUT2D eigenvalue weighted by Gasteiger charge is 2.35. The Kier molecular flexibility index (Phi) is 3.63. The molecule has 0 radical (unpaired) electrons. The lowest BCUT2D eigenvalue weighted by Gasteiger charge is -2.29. The van der Waals surface area contributed by atoms with Crippen LogP contribution >= 0.6 is 0 Å². The number of likely N-dealkylation sites (tertiary alicyclic amines) is 1. The van der Waals surface area contributed by atoms with Gasteiger partial charge in [-0.05, 0) is 19.4 Å². The zero-order valence-corrected chi connectivity index (χ0v) is 13.1. The average Bonchev–Trinajstić information content (AvgIpc) is 2.54. The van der Waals surface area contributed by atoms with E-state index < -0.39 is 22.4 Å². The first kappa shape index (κ1) is 15.8. The van der Waals surface area contributed by atoms with Crippen LogP contribution in [0.4, 0.5) is 5.69 Å². The quantitative estimate of drug-likeness (QED) is 0.459. The molecule has 1 aromatic heterocycles. The summed E-state index contributed by atoms with van der Waals surface area (Å²) < 4.78 is 1.15. The van der Waals surface area contributed by atoms with Gasteiger partial charge in [0, 0.05) is 19.5 Å². The number of aromatic nitrogens is 2. The van der Waals surface area contributed by atoms with Gasteiger partial charge in [0.05, 0.1) is 10.4 Å². The number of carbonyl (C=O) groups is 2. The Labute approximate surface area is 135 Å².